The summed E-state index contributed by atoms with van der Waals surface area (Å²) in [4.78, 5) is 14.2. The number of ether oxygens (including phenoxy) is 1. The van der Waals surface area contributed by atoms with Crippen molar-refractivity contribution in [2.24, 2.45) is 0 Å². The summed E-state index contributed by atoms with van der Waals surface area (Å²) in [5.74, 6) is -0.616. The Morgan fingerprint density at radius 1 is 1.43 bits per heavy atom. The monoisotopic (exact) mass is 360 g/mol. The van der Waals surface area contributed by atoms with Crippen LogP contribution in [0.5, 0.6) is 0 Å². The number of nitrogens with zero attached hydrogens (tertiary/aromatic N) is 1. The summed E-state index contributed by atoms with van der Waals surface area (Å²) in [6.07, 6.45) is 3.93. The molecule has 1 aromatic rings. The maximum atomic E-state index is 12.5. The molecular weight excluding hydrogens is 336 g/mol. The van der Waals surface area contributed by atoms with Crippen LogP contribution in [-0.2, 0) is 14.8 Å². The van der Waals surface area contributed by atoms with Gasteiger partial charge >= 0.3 is 5.97 Å². The van der Waals surface area contributed by atoms with Gasteiger partial charge in [0.1, 0.15) is 9.77 Å². The van der Waals surface area contributed by atoms with Crippen LogP contribution in [0.15, 0.2) is 16.3 Å². The predicted molar refractivity (Wildman–Crippen MR) is 90.4 cm³/mol. The number of carbonyl (C=O) groups excluding carboxylic acids is 1. The second-order valence-corrected chi connectivity index (χ2v) is 8.29. The highest BCUT2D eigenvalue weighted by atomic mass is 32.2. The minimum atomic E-state index is -3.70. The van der Waals surface area contributed by atoms with E-state index in [4.69, 9.17) is 0 Å². The van der Waals surface area contributed by atoms with Crippen molar-refractivity contribution in [3.8, 4) is 0 Å². The Bertz CT molecular complexity index is 619. The largest absolute Gasteiger partial charge is 0.465 e. The van der Waals surface area contributed by atoms with Crippen LogP contribution < -0.4 is 4.72 Å². The third-order valence-electron chi connectivity index (χ3n) is 4.03. The minimum absolute atomic E-state index is 0.0164. The van der Waals surface area contributed by atoms with Gasteiger partial charge in [-0.05, 0) is 50.3 Å². The number of unbranched alkanes of at least 4 members (excludes halogenated alkanes) is 1. The molecule has 1 aliphatic rings. The van der Waals surface area contributed by atoms with Gasteiger partial charge in [0.15, 0.2) is 0 Å². The smallest absolute Gasteiger partial charge is 0.349 e. The molecule has 2 heterocycles. The fourth-order valence-electron chi connectivity index (χ4n) is 2.69. The molecule has 1 N–H and O–H groups in total. The zero-order valence-corrected chi connectivity index (χ0v) is 15.2. The first-order chi connectivity index (χ1) is 11.0. The summed E-state index contributed by atoms with van der Waals surface area (Å²) in [7, 11) is -2.45. The van der Waals surface area contributed by atoms with Gasteiger partial charge in [-0.2, -0.15) is 0 Å². The first-order valence-corrected chi connectivity index (χ1v) is 10.2. The molecule has 0 amide bonds. The predicted octanol–water partition coefficient (Wildman–Crippen LogP) is 2.08. The topological polar surface area (TPSA) is 75.7 Å². The SMILES string of the molecule is CCCCN1CCC(NS(=O)(=O)c2ccsc2C(=O)OC)CC1. The van der Waals surface area contributed by atoms with Crippen LogP contribution >= 0.6 is 11.3 Å². The van der Waals surface area contributed by atoms with Crippen LogP contribution in [0.25, 0.3) is 0 Å². The molecule has 0 radical (unpaired) electrons. The summed E-state index contributed by atoms with van der Waals surface area (Å²) in [5.41, 5.74) is 0. The van der Waals surface area contributed by atoms with Crippen LogP contribution in [0, 0.1) is 0 Å². The van der Waals surface area contributed by atoms with Crippen LogP contribution in [-0.4, -0.2) is 52.1 Å². The van der Waals surface area contributed by atoms with Gasteiger partial charge in [0.25, 0.3) is 0 Å². The summed E-state index contributed by atoms with van der Waals surface area (Å²) in [5, 5.41) is 1.59. The number of rotatable bonds is 7. The fraction of sp³-hybridized carbons (Fsp3) is 0.667. The Morgan fingerprint density at radius 2 is 2.13 bits per heavy atom. The lowest BCUT2D eigenvalue weighted by molar-refractivity contribution is 0.0602. The number of esters is 1. The summed E-state index contributed by atoms with van der Waals surface area (Å²) in [6, 6.07) is 1.37. The summed E-state index contributed by atoms with van der Waals surface area (Å²) < 4.78 is 32.4. The average molecular weight is 361 g/mol. The summed E-state index contributed by atoms with van der Waals surface area (Å²) >= 11 is 1.08. The molecule has 1 aliphatic heterocycles. The van der Waals surface area contributed by atoms with Crippen LogP contribution in [0.2, 0.25) is 0 Å². The van der Waals surface area contributed by atoms with E-state index in [-0.39, 0.29) is 15.8 Å². The molecule has 130 valence electrons. The molecule has 0 unspecified atom stereocenters. The number of nitrogens with one attached hydrogen (secondary N) is 1. The van der Waals surface area contributed by atoms with E-state index in [1.807, 2.05) is 0 Å². The van der Waals surface area contributed by atoms with Crippen LogP contribution in [0.1, 0.15) is 42.3 Å². The van der Waals surface area contributed by atoms with Crippen molar-refractivity contribution in [1.82, 2.24) is 9.62 Å². The number of carbonyl (C=O) groups is 1. The first-order valence-electron chi connectivity index (χ1n) is 7.88. The molecule has 0 saturated carbocycles. The van der Waals surface area contributed by atoms with E-state index < -0.39 is 16.0 Å². The van der Waals surface area contributed by atoms with Crippen molar-refractivity contribution in [3.63, 3.8) is 0 Å². The first kappa shape index (κ1) is 18.4. The molecule has 0 spiro atoms. The lowest BCUT2D eigenvalue weighted by atomic mass is 10.1. The van der Waals surface area contributed by atoms with E-state index in [9.17, 15) is 13.2 Å². The normalized spacial score (nSPS) is 17.3. The van der Waals surface area contributed by atoms with Gasteiger partial charge in [-0.1, -0.05) is 13.3 Å². The van der Waals surface area contributed by atoms with Crippen molar-refractivity contribution >= 4 is 27.3 Å². The maximum Gasteiger partial charge on any atom is 0.349 e. The minimum Gasteiger partial charge on any atom is -0.465 e. The van der Waals surface area contributed by atoms with E-state index in [2.05, 4.69) is 21.3 Å². The van der Waals surface area contributed by atoms with E-state index in [0.29, 0.717) is 0 Å². The van der Waals surface area contributed by atoms with Crippen LogP contribution in [0.4, 0.5) is 0 Å². The van der Waals surface area contributed by atoms with Crippen molar-refractivity contribution in [1.29, 1.82) is 0 Å². The van der Waals surface area contributed by atoms with Crippen molar-refractivity contribution in [2.75, 3.05) is 26.7 Å². The number of piperidine rings is 1. The summed E-state index contributed by atoms with van der Waals surface area (Å²) in [6.45, 7) is 5.05. The molecular formula is C15H24N2O4S2. The Morgan fingerprint density at radius 3 is 2.74 bits per heavy atom. The number of sulfonamides is 1. The van der Waals surface area contributed by atoms with Gasteiger partial charge in [0.05, 0.1) is 7.11 Å². The lowest BCUT2D eigenvalue weighted by Gasteiger charge is -2.32. The van der Waals surface area contributed by atoms with Crippen molar-refractivity contribution in [3.05, 3.63) is 16.3 Å². The van der Waals surface area contributed by atoms with E-state index in [0.717, 1.165) is 43.8 Å². The third-order valence-corrected chi connectivity index (χ3v) is 6.61. The molecule has 0 aliphatic carbocycles. The fourth-order valence-corrected chi connectivity index (χ4v) is 5.33. The van der Waals surface area contributed by atoms with Gasteiger partial charge in [-0.25, -0.2) is 17.9 Å². The Hall–Kier alpha value is -0.960. The Labute approximate surface area is 141 Å². The zero-order valence-electron chi connectivity index (χ0n) is 13.6. The zero-order chi connectivity index (χ0) is 16.9. The molecule has 1 fully saturated rings. The van der Waals surface area contributed by atoms with Crippen molar-refractivity contribution < 1.29 is 17.9 Å². The third kappa shape index (κ3) is 4.76. The highest BCUT2D eigenvalue weighted by Gasteiger charge is 2.28. The number of hydrogen-bond donors (Lipinski definition) is 1. The number of likely N-dealkylation sites (tertiary alicyclic amines) is 1. The highest BCUT2D eigenvalue weighted by molar-refractivity contribution is 7.89. The molecule has 23 heavy (non-hydrogen) atoms. The molecule has 1 saturated heterocycles. The molecule has 0 atom stereocenters. The molecule has 0 bridgehead atoms. The maximum absolute atomic E-state index is 12.5. The van der Waals surface area contributed by atoms with Gasteiger partial charge < -0.3 is 9.64 Å². The standard InChI is InChI=1S/C15H24N2O4S2/c1-3-4-8-17-9-5-12(6-10-17)16-23(19,20)13-7-11-22-14(13)15(18)21-2/h7,11-12,16H,3-6,8-10H2,1-2H3. The number of methoxy groups -OCH3 is 1. The molecule has 1 aromatic heterocycles. The second-order valence-electron chi connectivity index (χ2n) is 5.70. The van der Waals surface area contributed by atoms with Crippen molar-refractivity contribution in [2.45, 2.75) is 43.5 Å². The molecule has 0 aromatic carbocycles. The molecule has 8 heteroatoms. The number of thiophene rings is 1. The molecule has 6 nitrogen and oxygen atoms in total. The Kier molecular flexibility index (Phi) is 6.58. The molecule has 2 rings (SSSR count). The Balaban J connectivity index is 1.98. The van der Waals surface area contributed by atoms with Crippen LogP contribution in [0.3, 0.4) is 0 Å². The van der Waals surface area contributed by atoms with E-state index >= 15 is 0 Å². The average Bonchev–Trinajstić information content (AvgIpc) is 3.04. The second kappa shape index (κ2) is 8.23. The van der Waals surface area contributed by atoms with E-state index in [1.165, 1.54) is 26.0 Å². The van der Waals surface area contributed by atoms with E-state index in [1.54, 1.807) is 5.38 Å². The van der Waals surface area contributed by atoms with Gasteiger partial charge in [-0.15, -0.1) is 11.3 Å². The van der Waals surface area contributed by atoms with Gasteiger partial charge in [-0.3, -0.25) is 0 Å². The lowest BCUT2D eigenvalue weighted by Crippen LogP contribution is -2.44. The highest BCUT2D eigenvalue weighted by Crippen LogP contribution is 2.24. The van der Waals surface area contributed by atoms with Gasteiger partial charge in [0.2, 0.25) is 10.0 Å². The number of hydrogen-bond acceptors (Lipinski definition) is 6. The van der Waals surface area contributed by atoms with Gasteiger partial charge in [0, 0.05) is 6.04 Å². The quantitative estimate of drug-likeness (QED) is 0.754.